The van der Waals surface area contributed by atoms with Crippen LogP contribution in [0.1, 0.15) is 52.3 Å². The highest BCUT2D eigenvalue weighted by molar-refractivity contribution is 5.80. The van der Waals surface area contributed by atoms with E-state index in [1.807, 2.05) is 0 Å². The Morgan fingerprint density at radius 2 is 2.22 bits per heavy atom. The van der Waals surface area contributed by atoms with Gasteiger partial charge >= 0.3 is 6.01 Å². The molecule has 0 saturated heterocycles. The van der Waals surface area contributed by atoms with Crippen molar-refractivity contribution in [1.82, 2.24) is 10.1 Å². The molecule has 0 aliphatic heterocycles. The van der Waals surface area contributed by atoms with Crippen LogP contribution in [0.15, 0.2) is 4.52 Å². The molecule has 18 heavy (non-hydrogen) atoms. The van der Waals surface area contributed by atoms with Gasteiger partial charge in [-0.05, 0) is 18.8 Å². The maximum atomic E-state index is 11.7. The van der Waals surface area contributed by atoms with E-state index in [1.54, 1.807) is 0 Å². The van der Waals surface area contributed by atoms with Gasteiger partial charge in [-0.2, -0.15) is 4.98 Å². The van der Waals surface area contributed by atoms with E-state index >= 15 is 0 Å². The monoisotopic (exact) mass is 253 g/mol. The summed E-state index contributed by atoms with van der Waals surface area (Å²) in [4.78, 5) is 15.8. The molecule has 0 unspecified atom stereocenters. The third kappa shape index (κ3) is 5.80. The maximum absolute atomic E-state index is 11.7. The predicted octanol–water partition coefficient (Wildman–Crippen LogP) is 2.83. The van der Waals surface area contributed by atoms with Crippen LogP contribution in [-0.4, -0.2) is 22.5 Å². The number of Topliss-reactive ketones (excluding diaryl/α,β-unsaturated/α-hetero) is 1. The van der Waals surface area contributed by atoms with Crippen molar-refractivity contribution in [3.63, 3.8) is 0 Å². The molecule has 1 heterocycles. The number of hydrogen-bond donors (Lipinski definition) is 1. The lowest BCUT2D eigenvalue weighted by Gasteiger charge is -2.02. The summed E-state index contributed by atoms with van der Waals surface area (Å²) in [5, 5.41) is 6.78. The van der Waals surface area contributed by atoms with Crippen LogP contribution in [0, 0.1) is 5.92 Å². The molecule has 0 saturated carbocycles. The van der Waals surface area contributed by atoms with Gasteiger partial charge in [0, 0.05) is 13.0 Å². The topological polar surface area (TPSA) is 68.0 Å². The van der Waals surface area contributed by atoms with Gasteiger partial charge < -0.3 is 9.84 Å². The molecule has 0 radical (unpaired) electrons. The van der Waals surface area contributed by atoms with Crippen LogP contribution in [0.4, 0.5) is 6.01 Å². The average molecular weight is 253 g/mol. The van der Waals surface area contributed by atoms with E-state index in [9.17, 15) is 4.79 Å². The van der Waals surface area contributed by atoms with Gasteiger partial charge in [0.1, 0.15) is 5.78 Å². The molecular weight excluding hydrogens is 230 g/mol. The minimum absolute atomic E-state index is 0.179. The van der Waals surface area contributed by atoms with Gasteiger partial charge in [0.05, 0.1) is 6.42 Å². The second-order valence-corrected chi connectivity index (χ2v) is 4.94. The summed E-state index contributed by atoms with van der Waals surface area (Å²) in [6.07, 6.45) is 3.89. The van der Waals surface area contributed by atoms with E-state index in [4.69, 9.17) is 4.52 Å². The van der Waals surface area contributed by atoms with Crippen LogP contribution in [0.3, 0.4) is 0 Å². The lowest BCUT2D eigenvalue weighted by atomic mass is 10.0. The molecule has 5 nitrogen and oxygen atoms in total. The van der Waals surface area contributed by atoms with Crippen LogP contribution >= 0.6 is 0 Å². The lowest BCUT2D eigenvalue weighted by molar-refractivity contribution is -0.118. The Hall–Kier alpha value is -1.39. The third-order valence-corrected chi connectivity index (χ3v) is 2.59. The summed E-state index contributed by atoms with van der Waals surface area (Å²) in [5.74, 6) is 1.30. The van der Waals surface area contributed by atoms with E-state index in [-0.39, 0.29) is 12.2 Å². The lowest BCUT2D eigenvalue weighted by Crippen LogP contribution is -2.05. The first-order valence-corrected chi connectivity index (χ1v) is 6.70. The van der Waals surface area contributed by atoms with Crippen LogP contribution in [0.25, 0.3) is 0 Å². The number of nitrogens with one attached hydrogen (secondary N) is 1. The van der Waals surface area contributed by atoms with Crippen molar-refractivity contribution in [3.8, 4) is 0 Å². The molecule has 1 aromatic heterocycles. The fourth-order valence-electron chi connectivity index (χ4n) is 1.60. The summed E-state index contributed by atoms with van der Waals surface area (Å²) < 4.78 is 4.99. The Morgan fingerprint density at radius 1 is 1.44 bits per heavy atom. The Labute approximate surface area is 108 Å². The second-order valence-electron chi connectivity index (χ2n) is 4.94. The van der Waals surface area contributed by atoms with Gasteiger partial charge in [0.2, 0.25) is 0 Å². The van der Waals surface area contributed by atoms with E-state index in [0.717, 1.165) is 25.8 Å². The second kappa shape index (κ2) is 7.84. The standard InChI is InChI=1S/C13H23N3O2/c1-4-8-14-13-15-12(16-18-13)9-11(17)7-5-6-10(2)3/h10H,4-9H2,1-3H3,(H,14,15,16). The minimum Gasteiger partial charge on any atom is -0.338 e. The van der Waals surface area contributed by atoms with Crippen LogP contribution < -0.4 is 5.32 Å². The van der Waals surface area contributed by atoms with Crippen molar-refractivity contribution in [3.05, 3.63) is 5.82 Å². The van der Waals surface area contributed by atoms with E-state index in [0.29, 0.717) is 24.2 Å². The summed E-state index contributed by atoms with van der Waals surface area (Å²) in [6.45, 7) is 7.18. The van der Waals surface area contributed by atoms with Gasteiger partial charge in [-0.3, -0.25) is 4.79 Å². The first-order chi connectivity index (χ1) is 8.61. The summed E-state index contributed by atoms with van der Waals surface area (Å²) >= 11 is 0. The molecule has 0 aromatic carbocycles. The highest BCUT2D eigenvalue weighted by atomic mass is 16.5. The highest BCUT2D eigenvalue weighted by Gasteiger charge is 2.10. The van der Waals surface area contributed by atoms with Crippen LogP contribution in [-0.2, 0) is 11.2 Å². The van der Waals surface area contributed by atoms with E-state index < -0.39 is 0 Å². The van der Waals surface area contributed by atoms with Crippen molar-refractivity contribution in [1.29, 1.82) is 0 Å². The van der Waals surface area contributed by atoms with Crippen molar-refractivity contribution in [2.45, 2.75) is 52.9 Å². The number of carbonyl (C=O) groups excluding carboxylic acids is 1. The fourth-order valence-corrected chi connectivity index (χ4v) is 1.60. The van der Waals surface area contributed by atoms with Crippen molar-refractivity contribution < 1.29 is 9.32 Å². The molecule has 0 amide bonds. The van der Waals surface area contributed by atoms with Crippen LogP contribution in [0.5, 0.6) is 0 Å². The molecule has 0 bridgehead atoms. The molecule has 5 heteroatoms. The summed E-state index contributed by atoms with van der Waals surface area (Å²) in [5.41, 5.74) is 0. The Kier molecular flexibility index (Phi) is 6.39. The molecule has 102 valence electrons. The maximum Gasteiger partial charge on any atom is 0.321 e. The zero-order valence-electron chi connectivity index (χ0n) is 11.5. The number of hydrogen-bond acceptors (Lipinski definition) is 5. The average Bonchev–Trinajstić information content (AvgIpc) is 2.73. The quantitative estimate of drug-likeness (QED) is 0.733. The molecule has 0 fully saturated rings. The third-order valence-electron chi connectivity index (χ3n) is 2.59. The highest BCUT2D eigenvalue weighted by Crippen LogP contribution is 2.09. The predicted molar refractivity (Wildman–Crippen MR) is 70.5 cm³/mol. The normalized spacial score (nSPS) is 10.9. The Bertz CT molecular complexity index is 361. The number of nitrogens with zero attached hydrogens (tertiary/aromatic N) is 2. The number of aromatic nitrogens is 2. The van der Waals surface area contributed by atoms with Crippen molar-refractivity contribution in [2.24, 2.45) is 5.92 Å². The van der Waals surface area contributed by atoms with Gasteiger partial charge in [-0.25, -0.2) is 0 Å². The number of anilines is 1. The van der Waals surface area contributed by atoms with Gasteiger partial charge in [-0.15, -0.1) is 0 Å². The van der Waals surface area contributed by atoms with Gasteiger partial charge in [0.15, 0.2) is 5.82 Å². The first-order valence-electron chi connectivity index (χ1n) is 6.70. The fraction of sp³-hybridized carbons (Fsp3) is 0.769. The number of carbonyl (C=O) groups is 1. The number of ketones is 1. The molecule has 0 aliphatic carbocycles. The SMILES string of the molecule is CCCNc1nc(CC(=O)CCCC(C)C)no1. The van der Waals surface area contributed by atoms with Gasteiger partial charge in [-0.1, -0.05) is 32.3 Å². The van der Waals surface area contributed by atoms with E-state index in [2.05, 4.69) is 36.2 Å². The molecule has 1 aromatic rings. The molecule has 1 N–H and O–H groups in total. The number of rotatable bonds is 9. The van der Waals surface area contributed by atoms with Crippen molar-refractivity contribution >= 4 is 11.8 Å². The Morgan fingerprint density at radius 3 is 2.89 bits per heavy atom. The summed E-state index contributed by atoms with van der Waals surface area (Å²) in [6, 6.07) is 0.404. The van der Waals surface area contributed by atoms with Crippen molar-refractivity contribution in [2.75, 3.05) is 11.9 Å². The molecule has 1 rings (SSSR count). The van der Waals surface area contributed by atoms with Gasteiger partial charge in [0.25, 0.3) is 0 Å². The molecule has 0 aliphatic rings. The first kappa shape index (κ1) is 14.7. The molecular formula is C13H23N3O2. The Balaban J connectivity index is 2.28. The van der Waals surface area contributed by atoms with E-state index in [1.165, 1.54) is 0 Å². The zero-order valence-corrected chi connectivity index (χ0v) is 11.5. The van der Waals surface area contributed by atoms with Crippen LogP contribution in [0.2, 0.25) is 0 Å². The minimum atomic E-state index is 0.179. The summed E-state index contributed by atoms with van der Waals surface area (Å²) in [7, 11) is 0. The molecule has 0 atom stereocenters. The zero-order chi connectivity index (χ0) is 13.4. The molecule has 0 spiro atoms. The largest absolute Gasteiger partial charge is 0.338 e. The smallest absolute Gasteiger partial charge is 0.321 e.